The number of aromatic amines is 1. The van der Waals surface area contributed by atoms with Crippen LogP contribution in [0.5, 0.6) is 0 Å². The highest BCUT2D eigenvalue weighted by Gasteiger charge is 2.29. The summed E-state index contributed by atoms with van der Waals surface area (Å²) in [5.41, 5.74) is 1.07. The molecule has 0 amide bonds. The molecule has 2 aromatic heterocycles. The van der Waals surface area contributed by atoms with Gasteiger partial charge in [-0.05, 0) is 32.0 Å². The van der Waals surface area contributed by atoms with E-state index < -0.39 is 11.6 Å². The van der Waals surface area contributed by atoms with Gasteiger partial charge in [0.2, 0.25) is 5.89 Å². The molecule has 0 bridgehead atoms. The molecule has 1 saturated heterocycles. The van der Waals surface area contributed by atoms with E-state index in [9.17, 15) is 8.78 Å². The Morgan fingerprint density at radius 2 is 2.12 bits per heavy atom. The first-order valence-electron chi connectivity index (χ1n) is 8.11. The van der Waals surface area contributed by atoms with Crippen molar-refractivity contribution in [3.63, 3.8) is 0 Å². The number of likely N-dealkylation sites (tertiary alicyclic amines) is 1. The van der Waals surface area contributed by atoms with E-state index in [0.717, 1.165) is 25.1 Å². The fourth-order valence-electron chi connectivity index (χ4n) is 3.28. The molecule has 130 valence electrons. The van der Waals surface area contributed by atoms with Crippen molar-refractivity contribution in [3.8, 4) is 11.3 Å². The maximum absolute atomic E-state index is 14.1. The molecular formula is C17H17F2N5O. The van der Waals surface area contributed by atoms with Gasteiger partial charge in [-0.25, -0.2) is 8.78 Å². The summed E-state index contributed by atoms with van der Waals surface area (Å²) in [5.74, 6) is 0.243. The topological polar surface area (TPSA) is 70.8 Å². The Morgan fingerprint density at radius 1 is 1.32 bits per heavy atom. The Hall–Kier alpha value is -2.61. The summed E-state index contributed by atoms with van der Waals surface area (Å²) >= 11 is 0. The molecule has 6 nitrogen and oxygen atoms in total. The van der Waals surface area contributed by atoms with Crippen molar-refractivity contribution in [1.82, 2.24) is 25.2 Å². The normalized spacial score (nSPS) is 18.1. The van der Waals surface area contributed by atoms with Crippen LogP contribution in [-0.4, -0.2) is 38.3 Å². The summed E-state index contributed by atoms with van der Waals surface area (Å²) in [6.07, 6.45) is 2.52. The van der Waals surface area contributed by atoms with Crippen molar-refractivity contribution in [2.45, 2.75) is 25.8 Å². The van der Waals surface area contributed by atoms with E-state index in [1.165, 1.54) is 18.2 Å². The summed E-state index contributed by atoms with van der Waals surface area (Å²) in [7, 11) is 0. The van der Waals surface area contributed by atoms with Crippen molar-refractivity contribution < 1.29 is 13.3 Å². The van der Waals surface area contributed by atoms with E-state index in [1.807, 2.05) is 0 Å². The number of aromatic nitrogens is 4. The van der Waals surface area contributed by atoms with E-state index in [0.29, 0.717) is 24.0 Å². The number of rotatable bonds is 4. The van der Waals surface area contributed by atoms with Crippen molar-refractivity contribution in [2.75, 3.05) is 13.1 Å². The number of benzene rings is 1. The highest BCUT2D eigenvalue weighted by molar-refractivity contribution is 5.64. The lowest BCUT2D eigenvalue weighted by Gasteiger charge is -2.15. The second kappa shape index (κ2) is 6.36. The molecular weight excluding hydrogens is 328 g/mol. The lowest BCUT2D eigenvalue weighted by atomic mass is 10.1. The highest BCUT2D eigenvalue weighted by Crippen LogP contribution is 2.31. The van der Waals surface area contributed by atoms with Gasteiger partial charge in [-0.3, -0.25) is 10.00 Å². The van der Waals surface area contributed by atoms with Gasteiger partial charge in [0.05, 0.1) is 23.4 Å². The molecule has 1 atom stereocenters. The van der Waals surface area contributed by atoms with Crippen LogP contribution in [0.3, 0.4) is 0 Å². The van der Waals surface area contributed by atoms with Gasteiger partial charge in [0.15, 0.2) is 5.82 Å². The van der Waals surface area contributed by atoms with E-state index in [4.69, 9.17) is 4.52 Å². The molecule has 0 saturated carbocycles. The molecule has 0 radical (unpaired) electrons. The first-order valence-corrected chi connectivity index (χ1v) is 8.11. The number of nitrogens with zero attached hydrogens (tertiary/aromatic N) is 4. The van der Waals surface area contributed by atoms with Crippen LogP contribution >= 0.6 is 0 Å². The standard InChI is InChI=1S/C17H17F2N5O/c1-10-21-17(25-23-10)11-5-6-24(8-11)9-12-7-20-22-16(12)15-13(18)3-2-4-14(15)19/h2-4,7,11H,5-6,8-9H2,1H3,(H,20,22). The summed E-state index contributed by atoms with van der Waals surface area (Å²) < 4.78 is 33.4. The van der Waals surface area contributed by atoms with Gasteiger partial charge in [-0.2, -0.15) is 10.1 Å². The van der Waals surface area contributed by atoms with Gasteiger partial charge in [0, 0.05) is 18.7 Å². The number of H-pyrrole nitrogens is 1. The average molecular weight is 345 g/mol. The number of nitrogens with one attached hydrogen (secondary N) is 1. The molecule has 1 aromatic carbocycles. The van der Waals surface area contributed by atoms with Gasteiger partial charge in [0.25, 0.3) is 0 Å². The third-order valence-electron chi connectivity index (χ3n) is 4.49. The summed E-state index contributed by atoms with van der Waals surface area (Å²) in [6.45, 7) is 3.94. The third-order valence-corrected chi connectivity index (χ3v) is 4.49. The van der Waals surface area contributed by atoms with Crippen LogP contribution in [0.2, 0.25) is 0 Å². The van der Waals surface area contributed by atoms with Crippen LogP contribution in [0.15, 0.2) is 28.9 Å². The molecule has 1 fully saturated rings. The van der Waals surface area contributed by atoms with Crippen LogP contribution in [0, 0.1) is 18.6 Å². The zero-order valence-electron chi connectivity index (χ0n) is 13.7. The maximum Gasteiger partial charge on any atom is 0.231 e. The lowest BCUT2D eigenvalue weighted by Crippen LogP contribution is -2.20. The largest absolute Gasteiger partial charge is 0.339 e. The molecule has 1 N–H and O–H groups in total. The second-order valence-electron chi connectivity index (χ2n) is 6.27. The molecule has 1 aliphatic rings. The van der Waals surface area contributed by atoms with Gasteiger partial charge >= 0.3 is 0 Å². The fraction of sp³-hybridized carbons (Fsp3) is 0.353. The van der Waals surface area contributed by atoms with E-state index in [1.54, 1.807) is 13.1 Å². The predicted molar refractivity (Wildman–Crippen MR) is 85.6 cm³/mol. The van der Waals surface area contributed by atoms with Crippen molar-refractivity contribution in [3.05, 3.63) is 53.3 Å². The first-order chi connectivity index (χ1) is 12.1. The lowest BCUT2D eigenvalue weighted by molar-refractivity contribution is 0.309. The van der Waals surface area contributed by atoms with Crippen LogP contribution in [0.25, 0.3) is 11.3 Å². The van der Waals surface area contributed by atoms with Crippen molar-refractivity contribution in [2.24, 2.45) is 0 Å². The number of hydrogen-bond donors (Lipinski definition) is 1. The number of halogens is 2. The maximum atomic E-state index is 14.1. The van der Waals surface area contributed by atoms with Gasteiger partial charge in [0.1, 0.15) is 11.6 Å². The van der Waals surface area contributed by atoms with E-state index >= 15 is 0 Å². The average Bonchev–Trinajstić information content (AvgIpc) is 3.30. The molecule has 1 unspecified atom stereocenters. The first kappa shape index (κ1) is 15.9. The predicted octanol–water partition coefficient (Wildman–Crippen LogP) is 3.04. The van der Waals surface area contributed by atoms with Gasteiger partial charge < -0.3 is 4.52 Å². The summed E-state index contributed by atoms with van der Waals surface area (Å²) in [6, 6.07) is 3.83. The fourth-order valence-corrected chi connectivity index (χ4v) is 3.28. The van der Waals surface area contributed by atoms with Gasteiger partial charge in [-0.15, -0.1) is 0 Å². The molecule has 0 aliphatic carbocycles. The molecule has 25 heavy (non-hydrogen) atoms. The number of hydrogen-bond acceptors (Lipinski definition) is 5. The van der Waals surface area contributed by atoms with Crippen molar-refractivity contribution in [1.29, 1.82) is 0 Å². The Bertz CT molecular complexity index is 871. The molecule has 3 aromatic rings. The number of aryl methyl sites for hydroxylation is 1. The van der Waals surface area contributed by atoms with Crippen molar-refractivity contribution >= 4 is 0 Å². The minimum atomic E-state index is -0.605. The SMILES string of the molecule is Cc1noc(C2CCN(Cc3cn[nH]c3-c3c(F)cccc3F)C2)n1. The highest BCUT2D eigenvalue weighted by atomic mass is 19.1. The molecule has 0 spiro atoms. The van der Waals surface area contributed by atoms with E-state index in [2.05, 4.69) is 25.2 Å². The van der Waals surface area contributed by atoms with Crippen LogP contribution < -0.4 is 0 Å². The Labute approximate surface area is 142 Å². The summed E-state index contributed by atoms with van der Waals surface area (Å²) in [5, 5.41) is 10.5. The Balaban J connectivity index is 1.53. The Morgan fingerprint density at radius 3 is 2.84 bits per heavy atom. The Kier molecular flexibility index (Phi) is 4.04. The minimum absolute atomic E-state index is 0.0710. The zero-order chi connectivity index (χ0) is 17.4. The van der Waals surface area contributed by atoms with Crippen LogP contribution in [0.4, 0.5) is 8.78 Å². The third kappa shape index (κ3) is 3.05. The summed E-state index contributed by atoms with van der Waals surface area (Å²) in [4.78, 5) is 6.48. The zero-order valence-corrected chi connectivity index (χ0v) is 13.7. The molecule has 4 rings (SSSR count). The van der Waals surface area contributed by atoms with Gasteiger partial charge in [-0.1, -0.05) is 11.2 Å². The molecule has 1 aliphatic heterocycles. The molecule has 8 heteroatoms. The smallest absolute Gasteiger partial charge is 0.231 e. The monoisotopic (exact) mass is 345 g/mol. The second-order valence-corrected chi connectivity index (χ2v) is 6.27. The minimum Gasteiger partial charge on any atom is -0.339 e. The van der Waals surface area contributed by atoms with Crippen LogP contribution in [-0.2, 0) is 6.54 Å². The quantitative estimate of drug-likeness (QED) is 0.787. The van der Waals surface area contributed by atoms with Crippen LogP contribution in [0.1, 0.15) is 29.6 Å². The molecule has 3 heterocycles. The van der Waals surface area contributed by atoms with E-state index in [-0.39, 0.29) is 11.5 Å².